The predicted molar refractivity (Wildman–Crippen MR) is 40.9 cm³/mol. The first kappa shape index (κ1) is 10.1. The molecule has 1 atom stereocenters. The fourth-order valence-electron chi connectivity index (χ4n) is 0.691. The van der Waals surface area contributed by atoms with Gasteiger partial charge in [0.1, 0.15) is 0 Å². The summed E-state index contributed by atoms with van der Waals surface area (Å²) in [6, 6.07) is 0. The number of halogens is 1. The molecule has 0 fully saturated rings. The molecule has 0 aromatic heterocycles. The van der Waals surface area contributed by atoms with E-state index >= 15 is 0 Å². The van der Waals surface area contributed by atoms with E-state index in [0.29, 0.717) is 5.57 Å². The molecule has 0 saturated carbocycles. The Kier molecular flexibility index (Phi) is 3.79. The Bertz CT molecular complexity index is 185. The van der Waals surface area contributed by atoms with Gasteiger partial charge in [-0.2, -0.15) is 4.39 Å². The van der Waals surface area contributed by atoms with Gasteiger partial charge in [-0.05, 0) is 24.8 Å². The van der Waals surface area contributed by atoms with Crippen LogP contribution in [-0.2, 0) is 4.79 Å². The first-order valence-corrected chi connectivity index (χ1v) is 3.60. The number of hydrogen-bond donors (Lipinski definition) is 1. The van der Waals surface area contributed by atoms with Crippen molar-refractivity contribution in [3.8, 4) is 0 Å². The Labute approximate surface area is 65.7 Å². The summed E-state index contributed by atoms with van der Waals surface area (Å²) < 4.78 is 12.6. The van der Waals surface area contributed by atoms with E-state index in [2.05, 4.69) is 0 Å². The number of carbonyl (C=O) groups is 1. The highest BCUT2D eigenvalue weighted by Crippen LogP contribution is 2.18. The lowest BCUT2D eigenvalue weighted by Crippen LogP contribution is -2.03. The van der Waals surface area contributed by atoms with Crippen LogP contribution in [0.25, 0.3) is 0 Å². The van der Waals surface area contributed by atoms with E-state index in [1.54, 1.807) is 6.92 Å². The zero-order chi connectivity index (χ0) is 9.02. The van der Waals surface area contributed by atoms with Crippen LogP contribution >= 0.6 is 0 Å². The van der Waals surface area contributed by atoms with E-state index in [-0.39, 0.29) is 5.92 Å². The summed E-state index contributed by atoms with van der Waals surface area (Å²) in [5, 5.41) is 8.26. The molecule has 1 N–H and O–H groups in total. The molecule has 0 aliphatic rings. The quantitative estimate of drug-likeness (QED) is 0.643. The van der Waals surface area contributed by atoms with Crippen LogP contribution in [0.2, 0.25) is 0 Å². The lowest BCUT2D eigenvalue weighted by molar-refractivity contribution is -0.134. The molecule has 3 heteroatoms. The molecule has 0 aliphatic carbocycles. The van der Waals surface area contributed by atoms with Crippen molar-refractivity contribution in [1.82, 2.24) is 0 Å². The summed E-state index contributed by atoms with van der Waals surface area (Å²) >= 11 is 0. The van der Waals surface area contributed by atoms with Crippen LogP contribution in [0.4, 0.5) is 4.39 Å². The van der Waals surface area contributed by atoms with E-state index in [1.807, 2.05) is 6.92 Å². The molecule has 0 radical (unpaired) electrons. The number of rotatable bonds is 3. The Balaban J connectivity index is 4.51. The highest BCUT2D eigenvalue weighted by Gasteiger charge is 2.13. The minimum Gasteiger partial charge on any atom is -0.476 e. The number of aliphatic carboxylic acids is 1. The predicted octanol–water partition coefficient (Wildman–Crippen LogP) is 2.36. The van der Waals surface area contributed by atoms with Crippen LogP contribution < -0.4 is 0 Å². The molecule has 0 aliphatic heterocycles. The zero-order valence-electron chi connectivity index (χ0n) is 7.02. The second-order valence-corrected chi connectivity index (χ2v) is 2.61. The molecule has 11 heavy (non-hydrogen) atoms. The van der Waals surface area contributed by atoms with E-state index in [4.69, 9.17) is 5.11 Å². The third kappa shape index (κ3) is 2.70. The molecule has 0 heterocycles. The van der Waals surface area contributed by atoms with Gasteiger partial charge in [-0.1, -0.05) is 13.8 Å². The second kappa shape index (κ2) is 4.11. The van der Waals surface area contributed by atoms with Gasteiger partial charge in [0.25, 0.3) is 0 Å². The van der Waals surface area contributed by atoms with Crippen LogP contribution in [0.15, 0.2) is 11.4 Å². The fourth-order valence-corrected chi connectivity index (χ4v) is 0.691. The summed E-state index contributed by atoms with van der Waals surface area (Å²) in [7, 11) is 0. The van der Waals surface area contributed by atoms with E-state index in [1.165, 1.54) is 6.92 Å². The van der Waals surface area contributed by atoms with Gasteiger partial charge >= 0.3 is 5.97 Å². The maximum Gasteiger partial charge on any atom is 0.364 e. The van der Waals surface area contributed by atoms with Gasteiger partial charge in [-0.3, -0.25) is 0 Å². The van der Waals surface area contributed by atoms with Gasteiger partial charge in [0.05, 0.1) is 0 Å². The standard InChI is InChI=1S/C8H13FO2/c1-4-5(2)6(3)7(9)8(10)11/h5H,4H2,1-3H3,(H,10,11)/b7-6-. The average Bonchev–Trinajstić information content (AvgIpc) is 2.00. The molecule has 0 saturated heterocycles. The minimum atomic E-state index is -1.47. The molecule has 0 bridgehead atoms. The lowest BCUT2D eigenvalue weighted by atomic mass is 9.99. The Morgan fingerprint density at radius 3 is 2.36 bits per heavy atom. The van der Waals surface area contributed by atoms with Gasteiger partial charge in [-0.15, -0.1) is 0 Å². The normalized spacial score (nSPS) is 15.6. The van der Waals surface area contributed by atoms with Crippen molar-refractivity contribution in [2.24, 2.45) is 5.92 Å². The number of allylic oxidation sites excluding steroid dienone is 1. The van der Waals surface area contributed by atoms with Crippen molar-refractivity contribution < 1.29 is 14.3 Å². The zero-order valence-corrected chi connectivity index (χ0v) is 7.02. The maximum absolute atomic E-state index is 12.6. The van der Waals surface area contributed by atoms with Crippen LogP contribution in [0.5, 0.6) is 0 Å². The summed E-state index contributed by atoms with van der Waals surface area (Å²) in [4.78, 5) is 10.1. The molecule has 0 amide bonds. The SMILES string of the molecule is CCC(C)/C(C)=C(\F)C(=O)O. The lowest BCUT2D eigenvalue weighted by Gasteiger charge is -2.07. The number of carboxylic acids is 1. The third-order valence-corrected chi connectivity index (χ3v) is 1.89. The Hall–Kier alpha value is -0.860. The van der Waals surface area contributed by atoms with Gasteiger partial charge in [0.15, 0.2) is 0 Å². The molecule has 0 rings (SSSR count). The molecule has 2 nitrogen and oxygen atoms in total. The molecular formula is C8H13FO2. The van der Waals surface area contributed by atoms with Crippen LogP contribution in [-0.4, -0.2) is 11.1 Å². The first-order valence-electron chi connectivity index (χ1n) is 3.60. The van der Waals surface area contributed by atoms with E-state index in [9.17, 15) is 9.18 Å². The molecular weight excluding hydrogens is 147 g/mol. The molecule has 1 unspecified atom stereocenters. The highest BCUT2D eigenvalue weighted by molar-refractivity contribution is 5.84. The number of carboxylic acid groups (broad SMARTS) is 1. The average molecular weight is 160 g/mol. The molecule has 0 spiro atoms. The minimum absolute atomic E-state index is 0.00565. The fraction of sp³-hybridized carbons (Fsp3) is 0.625. The van der Waals surface area contributed by atoms with Crippen molar-refractivity contribution in [2.45, 2.75) is 27.2 Å². The maximum atomic E-state index is 12.6. The van der Waals surface area contributed by atoms with Crippen molar-refractivity contribution in [1.29, 1.82) is 0 Å². The second-order valence-electron chi connectivity index (χ2n) is 2.61. The Morgan fingerprint density at radius 2 is 2.09 bits per heavy atom. The summed E-state index contributed by atoms with van der Waals surface area (Å²) in [6.07, 6.45) is 0.756. The summed E-state index contributed by atoms with van der Waals surface area (Å²) in [5.41, 5.74) is 0.319. The van der Waals surface area contributed by atoms with Gasteiger partial charge < -0.3 is 5.11 Å². The van der Waals surface area contributed by atoms with Gasteiger partial charge in [0, 0.05) is 0 Å². The molecule has 0 aromatic rings. The summed E-state index contributed by atoms with van der Waals surface area (Å²) in [6.45, 7) is 5.21. The van der Waals surface area contributed by atoms with Crippen molar-refractivity contribution in [2.75, 3.05) is 0 Å². The van der Waals surface area contributed by atoms with E-state index in [0.717, 1.165) is 6.42 Å². The number of hydrogen-bond acceptors (Lipinski definition) is 1. The smallest absolute Gasteiger partial charge is 0.364 e. The summed E-state index contributed by atoms with van der Waals surface area (Å²) in [5.74, 6) is -2.48. The van der Waals surface area contributed by atoms with Crippen LogP contribution in [0.1, 0.15) is 27.2 Å². The topological polar surface area (TPSA) is 37.3 Å². The van der Waals surface area contributed by atoms with Crippen LogP contribution in [0.3, 0.4) is 0 Å². The Morgan fingerprint density at radius 1 is 1.64 bits per heavy atom. The highest BCUT2D eigenvalue weighted by atomic mass is 19.1. The van der Waals surface area contributed by atoms with Crippen molar-refractivity contribution >= 4 is 5.97 Å². The van der Waals surface area contributed by atoms with E-state index < -0.39 is 11.8 Å². The molecule has 0 aromatic carbocycles. The van der Waals surface area contributed by atoms with Crippen molar-refractivity contribution in [3.63, 3.8) is 0 Å². The van der Waals surface area contributed by atoms with Gasteiger partial charge in [-0.25, -0.2) is 4.79 Å². The van der Waals surface area contributed by atoms with Crippen molar-refractivity contribution in [3.05, 3.63) is 11.4 Å². The monoisotopic (exact) mass is 160 g/mol. The first-order chi connectivity index (χ1) is 5.00. The van der Waals surface area contributed by atoms with Crippen LogP contribution in [0, 0.1) is 5.92 Å². The van der Waals surface area contributed by atoms with Gasteiger partial charge in [0.2, 0.25) is 5.83 Å². The molecule has 64 valence electrons. The third-order valence-electron chi connectivity index (χ3n) is 1.89. The largest absolute Gasteiger partial charge is 0.476 e.